The quantitative estimate of drug-likeness (QED) is 0.127. The van der Waals surface area contributed by atoms with E-state index < -0.39 is 0 Å². The molecule has 0 amide bonds. The van der Waals surface area contributed by atoms with Gasteiger partial charge in [-0.25, -0.2) is 19.9 Å². The van der Waals surface area contributed by atoms with Gasteiger partial charge in [0.25, 0.3) is 0 Å². The monoisotopic (exact) mass is 1180 g/mol. The number of benzene rings is 15. The summed E-state index contributed by atoms with van der Waals surface area (Å²) in [6.45, 7) is 0. The van der Waals surface area contributed by atoms with Crippen molar-refractivity contribution in [3.63, 3.8) is 0 Å². The molecule has 17 aromatic rings. The first-order valence-electron chi connectivity index (χ1n) is 31.2. The van der Waals surface area contributed by atoms with E-state index in [0.29, 0.717) is 23.0 Å². The second-order valence-corrected chi connectivity index (χ2v) is 23.2. The van der Waals surface area contributed by atoms with Gasteiger partial charge >= 0.3 is 0 Å². The average molecular weight is 1190 g/mol. The van der Waals surface area contributed by atoms with Crippen LogP contribution in [0.4, 0.5) is 0 Å². The first kappa shape index (κ1) is 55.6. The minimum atomic E-state index is 0.638. The van der Waals surface area contributed by atoms with E-state index >= 15 is 0 Å². The number of imidazole rings is 1. The maximum absolute atomic E-state index is 9.13. The van der Waals surface area contributed by atoms with Crippen molar-refractivity contribution in [1.82, 2.24) is 24.5 Å². The van der Waals surface area contributed by atoms with E-state index in [1.165, 1.54) is 76.5 Å². The standard InChI is InChI=1S/C44H28N4.C43H28N2/c45-29-30-15-17-31(18-16-30)32-19-21-33(22-20-32)38-27-28-39(41-14-8-7-13-40(38)41)34-23-25-37(26-24-34)44-47-42(35-9-3-1-4-10-35)46-43(48-44)36-11-5-2-6-12-36;1-2-13-31(14-3-1)43-44-39-20-10-11-21-40(39)45(43)34-26-24-30(25-27-34)41-35-16-6-8-18-37(35)42(38-19-9-7-17-36(38)41)33-23-22-29-12-4-5-15-32(29)28-33/h1-28H;1-28H. The Morgan fingerprint density at radius 2 is 0.634 bits per heavy atom. The lowest BCUT2D eigenvalue weighted by atomic mass is 9.85. The maximum Gasteiger partial charge on any atom is 0.164 e. The van der Waals surface area contributed by atoms with E-state index in [1.54, 1.807) is 0 Å². The summed E-state index contributed by atoms with van der Waals surface area (Å²) in [5.74, 6) is 2.88. The lowest BCUT2D eigenvalue weighted by Gasteiger charge is -2.18. The van der Waals surface area contributed by atoms with E-state index in [0.717, 1.165) is 67.1 Å². The number of rotatable bonds is 10. The van der Waals surface area contributed by atoms with Gasteiger partial charge in [0.05, 0.1) is 22.7 Å². The zero-order chi connectivity index (χ0) is 62.0. The molecule has 0 bridgehead atoms. The molecule has 0 N–H and O–H groups in total. The van der Waals surface area contributed by atoms with Gasteiger partial charge in [-0.15, -0.1) is 0 Å². The molecule has 0 fully saturated rings. The zero-order valence-corrected chi connectivity index (χ0v) is 50.5. The molecule has 0 saturated carbocycles. The molecule has 0 unspecified atom stereocenters. The first-order valence-corrected chi connectivity index (χ1v) is 31.2. The SMILES string of the molecule is N#Cc1ccc(-c2ccc(-c3ccc(-c4ccc(-c5nc(-c6ccccc6)nc(-c6ccccc6)n5)cc4)c4ccccc34)cc2)cc1.c1ccc(-c2nc3ccccc3n2-c2ccc(-c3c4ccccc4c(-c4ccc5ccccc5c4)c4ccccc34)cc2)cc1. The Morgan fingerprint density at radius 1 is 0.258 bits per heavy atom. The van der Waals surface area contributed by atoms with Gasteiger partial charge in [0, 0.05) is 27.9 Å². The van der Waals surface area contributed by atoms with Crippen LogP contribution in [0.15, 0.2) is 340 Å². The number of para-hydroxylation sites is 2. The van der Waals surface area contributed by atoms with Gasteiger partial charge < -0.3 is 0 Å². The molecule has 0 aliphatic heterocycles. The largest absolute Gasteiger partial charge is 0.292 e. The van der Waals surface area contributed by atoms with Crippen molar-refractivity contribution in [2.45, 2.75) is 0 Å². The van der Waals surface area contributed by atoms with Gasteiger partial charge in [-0.2, -0.15) is 5.26 Å². The number of aromatic nitrogens is 5. The molecule has 0 spiro atoms. The van der Waals surface area contributed by atoms with Crippen LogP contribution in [0.3, 0.4) is 0 Å². The summed E-state index contributed by atoms with van der Waals surface area (Å²) in [7, 11) is 0. The summed E-state index contributed by atoms with van der Waals surface area (Å²) < 4.78 is 2.27. The fourth-order valence-electron chi connectivity index (χ4n) is 13.1. The third-order valence-electron chi connectivity index (χ3n) is 17.6. The van der Waals surface area contributed by atoms with Crippen LogP contribution in [-0.2, 0) is 0 Å². The van der Waals surface area contributed by atoms with E-state index in [4.69, 9.17) is 25.2 Å². The minimum Gasteiger partial charge on any atom is -0.292 e. The third-order valence-corrected chi connectivity index (χ3v) is 17.6. The summed E-state index contributed by atoms with van der Waals surface area (Å²) >= 11 is 0. The fraction of sp³-hybridized carbons (Fsp3) is 0. The highest BCUT2D eigenvalue weighted by Crippen LogP contribution is 2.45. The molecule has 6 nitrogen and oxygen atoms in total. The second-order valence-electron chi connectivity index (χ2n) is 23.2. The van der Waals surface area contributed by atoms with Gasteiger partial charge in [0.1, 0.15) is 5.82 Å². The van der Waals surface area contributed by atoms with E-state index in [-0.39, 0.29) is 0 Å². The molecule has 93 heavy (non-hydrogen) atoms. The molecular weight excluding hydrogens is 1130 g/mol. The molecule has 0 atom stereocenters. The Bertz CT molecular complexity index is 5530. The lowest BCUT2D eigenvalue weighted by molar-refractivity contribution is 1.07. The Balaban J connectivity index is 0.000000148. The molecule has 6 heteroatoms. The van der Waals surface area contributed by atoms with Crippen LogP contribution >= 0.6 is 0 Å². The fourth-order valence-corrected chi connectivity index (χ4v) is 13.1. The van der Waals surface area contributed by atoms with E-state index in [1.807, 2.05) is 91.0 Å². The Hall–Kier alpha value is -12.7. The average Bonchev–Trinajstić information content (AvgIpc) is 0.951. The minimum absolute atomic E-state index is 0.638. The van der Waals surface area contributed by atoms with Crippen LogP contribution in [0, 0.1) is 11.3 Å². The molecule has 2 heterocycles. The number of nitrogens with zero attached hydrogens (tertiary/aromatic N) is 6. The van der Waals surface area contributed by atoms with Gasteiger partial charge in [0.2, 0.25) is 0 Å². The topological polar surface area (TPSA) is 80.3 Å². The van der Waals surface area contributed by atoms with Gasteiger partial charge in [-0.05, 0) is 141 Å². The molecule has 15 aromatic carbocycles. The van der Waals surface area contributed by atoms with Gasteiger partial charge in [-0.1, -0.05) is 297 Å². The molecule has 0 radical (unpaired) electrons. The van der Waals surface area contributed by atoms with E-state index in [2.05, 4.69) is 259 Å². The normalized spacial score (nSPS) is 11.2. The maximum atomic E-state index is 9.13. The van der Waals surface area contributed by atoms with Gasteiger partial charge in [-0.3, -0.25) is 4.57 Å². The van der Waals surface area contributed by atoms with Crippen LogP contribution < -0.4 is 0 Å². The van der Waals surface area contributed by atoms with Crippen molar-refractivity contribution in [2.75, 3.05) is 0 Å². The summed E-state index contributed by atoms with van der Waals surface area (Å²) in [5.41, 5.74) is 19.6. The molecule has 0 saturated heterocycles. The number of fused-ring (bicyclic) bond motifs is 5. The van der Waals surface area contributed by atoms with E-state index in [9.17, 15) is 0 Å². The number of hydrogen-bond acceptors (Lipinski definition) is 5. The Labute approximate surface area is 539 Å². The highest BCUT2D eigenvalue weighted by atomic mass is 15.1. The van der Waals surface area contributed by atoms with Crippen LogP contribution in [0.25, 0.3) is 161 Å². The van der Waals surface area contributed by atoms with Crippen molar-refractivity contribution < 1.29 is 0 Å². The van der Waals surface area contributed by atoms with Crippen LogP contribution in [0.1, 0.15) is 5.56 Å². The lowest BCUT2D eigenvalue weighted by Crippen LogP contribution is -2.00. The van der Waals surface area contributed by atoms with Crippen LogP contribution in [0.2, 0.25) is 0 Å². The van der Waals surface area contributed by atoms with Crippen molar-refractivity contribution >= 4 is 54.1 Å². The first-order chi connectivity index (χ1) is 46.1. The Kier molecular flexibility index (Phi) is 14.6. The predicted molar refractivity (Wildman–Crippen MR) is 385 cm³/mol. The molecule has 2 aromatic heterocycles. The summed E-state index contributed by atoms with van der Waals surface area (Å²) in [6.07, 6.45) is 0. The van der Waals surface area contributed by atoms with Crippen LogP contribution in [-0.4, -0.2) is 24.5 Å². The summed E-state index contributed by atoms with van der Waals surface area (Å²) in [4.78, 5) is 19.7. The second kappa shape index (κ2) is 24.4. The smallest absolute Gasteiger partial charge is 0.164 e. The molecule has 434 valence electrons. The van der Waals surface area contributed by atoms with Crippen molar-refractivity contribution in [3.05, 3.63) is 345 Å². The number of hydrogen-bond donors (Lipinski definition) is 0. The van der Waals surface area contributed by atoms with Crippen molar-refractivity contribution in [3.8, 4) is 113 Å². The summed E-state index contributed by atoms with van der Waals surface area (Å²) in [6, 6.07) is 121. The molecule has 17 rings (SSSR count). The zero-order valence-electron chi connectivity index (χ0n) is 50.5. The highest BCUT2D eigenvalue weighted by Gasteiger charge is 2.20. The van der Waals surface area contributed by atoms with Gasteiger partial charge in [0.15, 0.2) is 17.5 Å². The molecular formula is C87H56N6. The summed E-state index contributed by atoms with van der Waals surface area (Å²) in [5, 5.41) is 19.1. The molecule has 0 aliphatic carbocycles. The highest BCUT2D eigenvalue weighted by molar-refractivity contribution is 6.22. The predicted octanol–water partition coefficient (Wildman–Crippen LogP) is 22.4. The van der Waals surface area contributed by atoms with Crippen LogP contribution in [0.5, 0.6) is 0 Å². The van der Waals surface area contributed by atoms with Crippen molar-refractivity contribution in [1.29, 1.82) is 5.26 Å². The number of nitriles is 1. The molecule has 0 aliphatic rings. The third kappa shape index (κ3) is 10.7. The van der Waals surface area contributed by atoms with Crippen molar-refractivity contribution in [2.24, 2.45) is 0 Å². The Morgan fingerprint density at radius 3 is 1.15 bits per heavy atom.